The Bertz CT molecular complexity index is 466. The van der Waals surface area contributed by atoms with Gasteiger partial charge in [0.2, 0.25) is 5.75 Å². The number of hydrogen-bond acceptors (Lipinski definition) is 6. The van der Waals surface area contributed by atoms with Gasteiger partial charge in [0.25, 0.3) is 0 Å². The Morgan fingerprint density at radius 3 is 2.56 bits per heavy atom. The second kappa shape index (κ2) is 5.98. The minimum atomic E-state index is -0.889. The molecule has 0 saturated heterocycles. The third-order valence-corrected chi connectivity index (χ3v) is 3.04. The highest BCUT2D eigenvalue weighted by Crippen LogP contribution is 2.45. The summed E-state index contributed by atoms with van der Waals surface area (Å²) >= 11 is 3.18. The average molecular weight is 321 g/mol. The Hall–Kier alpha value is -1.38. The van der Waals surface area contributed by atoms with Crippen molar-refractivity contribution in [2.45, 2.75) is 6.04 Å². The molecule has 3 N–H and O–H groups in total. The van der Waals surface area contributed by atoms with Gasteiger partial charge in [0.05, 0.1) is 37.4 Å². The van der Waals surface area contributed by atoms with Crippen molar-refractivity contribution in [3.05, 3.63) is 26.2 Å². The molecule has 0 radical (unpaired) electrons. The highest BCUT2D eigenvalue weighted by atomic mass is 79.9. The van der Waals surface area contributed by atoms with Crippen LogP contribution in [0.1, 0.15) is 11.6 Å². The smallest absolute Gasteiger partial charge is 0.320 e. The molecular formula is C10H13BrN2O5. The monoisotopic (exact) mass is 320 g/mol. The first-order valence-electron chi connectivity index (χ1n) is 4.93. The van der Waals surface area contributed by atoms with E-state index in [1.165, 1.54) is 20.3 Å². The normalized spacial score (nSPS) is 12.1. The van der Waals surface area contributed by atoms with E-state index in [-0.39, 0.29) is 22.7 Å². The maximum Gasteiger partial charge on any atom is 0.320 e. The highest BCUT2D eigenvalue weighted by Gasteiger charge is 2.30. The van der Waals surface area contributed by atoms with Gasteiger partial charge in [-0.05, 0) is 6.07 Å². The van der Waals surface area contributed by atoms with Gasteiger partial charge >= 0.3 is 5.69 Å². The van der Waals surface area contributed by atoms with E-state index in [2.05, 4.69) is 15.9 Å². The number of hydrogen-bond donors (Lipinski definition) is 2. The van der Waals surface area contributed by atoms with Crippen molar-refractivity contribution in [3.8, 4) is 11.5 Å². The molecule has 0 unspecified atom stereocenters. The summed E-state index contributed by atoms with van der Waals surface area (Å²) in [5.74, 6) is 0.189. The van der Waals surface area contributed by atoms with Gasteiger partial charge in [-0.3, -0.25) is 10.1 Å². The summed E-state index contributed by atoms with van der Waals surface area (Å²) in [7, 11) is 2.67. The summed E-state index contributed by atoms with van der Waals surface area (Å²) in [5, 5.41) is 20.2. The summed E-state index contributed by atoms with van der Waals surface area (Å²) in [6.07, 6.45) is 0. The number of rotatable bonds is 5. The van der Waals surface area contributed by atoms with Crippen LogP contribution in [-0.4, -0.2) is 30.9 Å². The maximum atomic E-state index is 11.2. The number of ether oxygens (including phenoxy) is 2. The van der Waals surface area contributed by atoms with Crippen LogP contribution >= 0.6 is 15.9 Å². The Balaban J connectivity index is 3.64. The first-order chi connectivity index (χ1) is 8.47. The van der Waals surface area contributed by atoms with Crippen molar-refractivity contribution >= 4 is 21.6 Å². The quantitative estimate of drug-likeness (QED) is 0.626. The molecule has 1 rings (SSSR count). The van der Waals surface area contributed by atoms with E-state index in [0.29, 0.717) is 4.47 Å². The van der Waals surface area contributed by atoms with Crippen molar-refractivity contribution in [2.75, 3.05) is 20.8 Å². The van der Waals surface area contributed by atoms with Gasteiger partial charge in [-0.15, -0.1) is 0 Å². The number of benzene rings is 1. The Labute approximate surface area is 112 Å². The van der Waals surface area contributed by atoms with Gasteiger partial charge < -0.3 is 20.3 Å². The number of nitrogens with zero attached hydrogens (tertiary/aromatic N) is 1. The molecule has 0 heterocycles. The Morgan fingerprint density at radius 2 is 2.17 bits per heavy atom. The molecule has 1 aromatic rings. The molecule has 0 saturated carbocycles. The van der Waals surface area contributed by atoms with Gasteiger partial charge in [-0.1, -0.05) is 15.9 Å². The van der Waals surface area contributed by atoms with Crippen molar-refractivity contribution in [3.63, 3.8) is 0 Å². The summed E-state index contributed by atoms with van der Waals surface area (Å²) in [6.45, 7) is -0.422. The first kappa shape index (κ1) is 14.7. The van der Waals surface area contributed by atoms with E-state index in [1.807, 2.05) is 0 Å². The van der Waals surface area contributed by atoms with Crippen molar-refractivity contribution in [1.82, 2.24) is 0 Å². The summed E-state index contributed by atoms with van der Waals surface area (Å²) in [5.41, 5.74) is 5.52. The van der Waals surface area contributed by atoms with Crippen molar-refractivity contribution in [1.29, 1.82) is 0 Å². The molecule has 0 aliphatic carbocycles. The number of nitrogens with two attached hydrogens (primary N) is 1. The van der Waals surface area contributed by atoms with E-state index in [1.54, 1.807) is 0 Å². The molecule has 0 amide bonds. The standard InChI is InChI=1S/C10H13BrN2O5/c1-17-7-3-5(11)8(6(12)4-14)9(13(15)16)10(7)18-2/h3,6,14H,4,12H2,1-2H3/t6-/m1/s1. The third-order valence-electron chi connectivity index (χ3n) is 2.38. The second-order valence-corrected chi connectivity index (χ2v) is 4.26. The number of nitro groups is 1. The van der Waals surface area contributed by atoms with Crippen LogP contribution in [0, 0.1) is 10.1 Å². The van der Waals surface area contributed by atoms with Crippen LogP contribution in [0.15, 0.2) is 10.5 Å². The topological polar surface area (TPSA) is 108 Å². The van der Waals surface area contributed by atoms with Crippen LogP contribution in [0.3, 0.4) is 0 Å². The van der Waals surface area contributed by atoms with Crippen molar-refractivity contribution in [2.24, 2.45) is 5.73 Å². The van der Waals surface area contributed by atoms with Gasteiger partial charge in [0.1, 0.15) is 0 Å². The zero-order valence-corrected chi connectivity index (χ0v) is 11.4. The predicted molar refractivity (Wildman–Crippen MR) is 67.9 cm³/mol. The minimum Gasteiger partial charge on any atom is -0.493 e. The predicted octanol–water partition coefficient (Wildman–Crippen LogP) is 1.37. The molecule has 1 atom stereocenters. The number of methoxy groups -OCH3 is 2. The van der Waals surface area contributed by atoms with E-state index < -0.39 is 17.6 Å². The van der Waals surface area contributed by atoms with E-state index in [9.17, 15) is 10.1 Å². The van der Waals surface area contributed by atoms with E-state index in [0.717, 1.165) is 0 Å². The Kier molecular flexibility index (Phi) is 4.88. The molecule has 0 aromatic heterocycles. The van der Waals surface area contributed by atoms with Crippen LogP contribution in [-0.2, 0) is 0 Å². The molecule has 7 nitrogen and oxygen atoms in total. The highest BCUT2D eigenvalue weighted by molar-refractivity contribution is 9.10. The molecule has 1 aromatic carbocycles. The van der Waals surface area contributed by atoms with Gasteiger partial charge in [0, 0.05) is 4.47 Å². The molecular weight excluding hydrogens is 308 g/mol. The largest absolute Gasteiger partial charge is 0.493 e. The van der Waals surface area contributed by atoms with Crippen LogP contribution in [0.4, 0.5) is 5.69 Å². The second-order valence-electron chi connectivity index (χ2n) is 3.40. The lowest BCUT2D eigenvalue weighted by molar-refractivity contribution is -0.386. The van der Waals surface area contributed by atoms with Crippen LogP contribution in [0.25, 0.3) is 0 Å². The fraction of sp³-hybridized carbons (Fsp3) is 0.400. The van der Waals surface area contributed by atoms with Gasteiger partial charge in [-0.2, -0.15) is 0 Å². The lowest BCUT2D eigenvalue weighted by Crippen LogP contribution is -2.17. The number of nitro benzene ring substituents is 1. The van der Waals surface area contributed by atoms with Crippen LogP contribution in [0.5, 0.6) is 11.5 Å². The van der Waals surface area contributed by atoms with Crippen LogP contribution in [0.2, 0.25) is 0 Å². The van der Waals surface area contributed by atoms with Gasteiger partial charge in [0.15, 0.2) is 5.75 Å². The molecule has 0 aliphatic heterocycles. The lowest BCUT2D eigenvalue weighted by Gasteiger charge is -2.16. The van der Waals surface area contributed by atoms with Gasteiger partial charge in [-0.25, -0.2) is 0 Å². The zero-order valence-electron chi connectivity index (χ0n) is 9.84. The van der Waals surface area contributed by atoms with Crippen molar-refractivity contribution < 1.29 is 19.5 Å². The molecule has 8 heteroatoms. The zero-order chi connectivity index (χ0) is 13.9. The van der Waals surface area contributed by atoms with E-state index >= 15 is 0 Å². The maximum absolute atomic E-state index is 11.2. The fourth-order valence-electron chi connectivity index (χ4n) is 1.58. The minimum absolute atomic E-state index is 0.0235. The molecule has 100 valence electrons. The summed E-state index contributed by atoms with van der Waals surface area (Å²) < 4.78 is 10.4. The molecule has 18 heavy (non-hydrogen) atoms. The lowest BCUT2D eigenvalue weighted by atomic mass is 10.0. The molecule has 0 bridgehead atoms. The number of aliphatic hydroxyl groups is 1. The molecule has 0 aliphatic rings. The van der Waals surface area contributed by atoms with E-state index in [4.69, 9.17) is 20.3 Å². The Morgan fingerprint density at radius 1 is 1.56 bits per heavy atom. The third kappa shape index (κ3) is 2.55. The first-order valence-corrected chi connectivity index (χ1v) is 5.72. The number of aliphatic hydroxyl groups excluding tert-OH is 1. The van der Waals surface area contributed by atoms with Crippen LogP contribution < -0.4 is 15.2 Å². The SMILES string of the molecule is COc1cc(Br)c([C@H](N)CO)c([N+](=O)[O-])c1OC. The average Bonchev–Trinajstić information content (AvgIpc) is 2.36. The fourth-order valence-corrected chi connectivity index (χ4v) is 2.27. The summed E-state index contributed by atoms with van der Waals surface area (Å²) in [6, 6.07) is 0.621. The molecule has 0 spiro atoms. The number of halogens is 1. The summed E-state index contributed by atoms with van der Waals surface area (Å²) in [4.78, 5) is 10.5. The molecule has 0 fully saturated rings.